The Bertz CT molecular complexity index is 878. The summed E-state index contributed by atoms with van der Waals surface area (Å²) in [6.07, 6.45) is 0. The van der Waals surface area contributed by atoms with Crippen LogP contribution in [-0.2, 0) is 16.1 Å². The van der Waals surface area contributed by atoms with Crippen LogP contribution >= 0.6 is 0 Å². The molecule has 0 aliphatic rings. The molecule has 2 aromatic carbocycles. The molecule has 174 valence electrons. The molecular formula is C26H36N2O4. The van der Waals surface area contributed by atoms with Gasteiger partial charge in [-0.1, -0.05) is 58.0 Å². The molecule has 0 spiro atoms. The lowest BCUT2D eigenvalue weighted by molar-refractivity contribution is -0.142. The minimum atomic E-state index is -0.632. The molecule has 2 rings (SSSR count). The Kier molecular flexibility index (Phi) is 9.57. The molecule has 32 heavy (non-hydrogen) atoms. The molecule has 0 aliphatic heterocycles. The predicted octanol–water partition coefficient (Wildman–Crippen LogP) is 4.39. The quantitative estimate of drug-likeness (QED) is 0.563. The van der Waals surface area contributed by atoms with E-state index in [0.717, 1.165) is 16.9 Å². The van der Waals surface area contributed by atoms with Gasteiger partial charge in [0.15, 0.2) is 6.61 Å². The highest BCUT2D eigenvalue weighted by Crippen LogP contribution is 2.26. The summed E-state index contributed by atoms with van der Waals surface area (Å²) in [7, 11) is 1.61. The van der Waals surface area contributed by atoms with Crippen molar-refractivity contribution in [3.8, 4) is 11.5 Å². The normalized spacial score (nSPS) is 11.9. The average molecular weight is 441 g/mol. The molecular weight excluding hydrogens is 404 g/mol. The maximum Gasteiger partial charge on any atom is 0.261 e. The predicted molar refractivity (Wildman–Crippen MR) is 127 cm³/mol. The summed E-state index contributed by atoms with van der Waals surface area (Å²) in [6.45, 7) is 10.7. The largest absolute Gasteiger partial charge is 0.497 e. The lowest BCUT2D eigenvalue weighted by Crippen LogP contribution is -2.49. The van der Waals surface area contributed by atoms with Gasteiger partial charge >= 0.3 is 0 Å². The van der Waals surface area contributed by atoms with Gasteiger partial charge in [-0.25, -0.2) is 0 Å². The van der Waals surface area contributed by atoms with Crippen molar-refractivity contribution < 1.29 is 19.1 Å². The lowest BCUT2D eigenvalue weighted by Gasteiger charge is -2.29. The van der Waals surface area contributed by atoms with Gasteiger partial charge in [0.25, 0.3) is 5.91 Å². The van der Waals surface area contributed by atoms with Crippen molar-refractivity contribution in [2.45, 2.75) is 53.1 Å². The van der Waals surface area contributed by atoms with Gasteiger partial charge in [0.1, 0.15) is 17.5 Å². The molecule has 2 amide bonds. The molecule has 0 saturated carbocycles. The van der Waals surface area contributed by atoms with Crippen LogP contribution in [0.1, 0.15) is 51.7 Å². The highest BCUT2D eigenvalue weighted by Gasteiger charge is 2.27. The smallest absolute Gasteiger partial charge is 0.261 e. The van der Waals surface area contributed by atoms with Crippen molar-refractivity contribution in [3.63, 3.8) is 0 Å². The highest BCUT2D eigenvalue weighted by atomic mass is 16.5. The average Bonchev–Trinajstić information content (AvgIpc) is 2.79. The van der Waals surface area contributed by atoms with Gasteiger partial charge in [0.2, 0.25) is 5.91 Å². The van der Waals surface area contributed by atoms with Crippen LogP contribution < -0.4 is 14.8 Å². The van der Waals surface area contributed by atoms with Crippen molar-refractivity contribution in [1.29, 1.82) is 0 Å². The van der Waals surface area contributed by atoms with E-state index in [1.807, 2.05) is 62.4 Å². The van der Waals surface area contributed by atoms with Crippen LogP contribution in [-0.4, -0.2) is 43.0 Å². The molecule has 0 aliphatic carbocycles. The molecule has 0 radical (unpaired) electrons. The van der Waals surface area contributed by atoms with Crippen LogP contribution in [0.25, 0.3) is 0 Å². The standard InChI is InChI=1S/C26H36N2O4/c1-18(2)15-27-26(30)20(5)28(16-21-11-13-22(31-6)14-12-21)25(29)17-32-24-10-8-7-9-23(24)19(3)4/h7-14,18-20H,15-17H2,1-6H3,(H,27,30). The monoisotopic (exact) mass is 440 g/mol. The van der Waals surface area contributed by atoms with Crippen LogP contribution in [0.2, 0.25) is 0 Å². The van der Waals surface area contributed by atoms with Crippen LogP contribution in [0.5, 0.6) is 11.5 Å². The summed E-state index contributed by atoms with van der Waals surface area (Å²) in [4.78, 5) is 27.5. The van der Waals surface area contributed by atoms with Crippen LogP contribution in [0.4, 0.5) is 0 Å². The lowest BCUT2D eigenvalue weighted by atomic mass is 10.0. The fourth-order valence-corrected chi connectivity index (χ4v) is 3.27. The van der Waals surface area contributed by atoms with E-state index in [0.29, 0.717) is 24.8 Å². The Balaban J connectivity index is 2.18. The number of methoxy groups -OCH3 is 1. The summed E-state index contributed by atoms with van der Waals surface area (Å²) >= 11 is 0. The Morgan fingerprint density at radius 2 is 1.62 bits per heavy atom. The zero-order valence-electron chi connectivity index (χ0n) is 20.1. The molecule has 0 fully saturated rings. The maximum atomic E-state index is 13.2. The van der Waals surface area contributed by atoms with E-state index >= 15 is 0 Å². The number of carbonyl (C=O) groups is 2. The van der Waals surface area contributed by atoms with E-state index in [2.05, 4.69) is 19.2 Å². The van der Waals surface area contributed by atoms with Crippen molar-refractivity contribution in [3.05, 3.63) is 59.7 Å². The summed E-state index contributed by atoms with van der Waals surface area (Å²) in [5.41, 5.74) is 1.95. The third-order valence-corrected chi connectivity index (χ3v) is 5.26. The van der Waals surface area contributed by atoms with Gasteiger partial charge in [-0.3, -0.25) is 9.59 Å². The second-order valence-electron chi connectivity index (χ2n) is 8.67. The molecule has 0 heterocycles. The van der Waals surface area contributed by atoms with E-state index in [4.69, 9.17) is 9.47 Å². The number of benzene rings is 2. The molecule has 0 saturated heterocycles. The number of rotatable bonds is 11. The van der Waals surface area contributed by atoms with Gasteiger partial charge in [0, 0.05) is 13.1 Å². The van der Waals surface area contributed by atoms with Crippen molar-refractivity contribution in [1.82, 2.24) is 10.2 Å². The number of nitrogens with one attached hydrogen (secondary N) is 1. The van der Waals surface area contributed by atoms with Gasteiger partial charge in [-0.05, 0) is 48.1 Å². The van der Waals surface area contributed by atoms with E-state index in [-0.39, 0.29) is 24.3 Å². The zero-order valence-corrected chi connectivity index (χ0v) is 20.1. The minimum absolute atomic E-state index is 0.137. The molecule has 6 heteroatoms. The first-order valence-electron chi connectivity index (χ1n) is 11.1. The summed E-state index contributed by atoms with van der Waals surface area (Å²) in [6, 6.07) is 14.6. The molecule has 2 aromatic rings. The van der Waals surface area contributed by atoms with Crippen molar-refractivity contribution in [2.24, 2.45) is 5.92 Å². The molecule has 1 unspecified atom stereocenters. The number of amides is 2. The summed E-state index contributed by atoms with van der Waals surface area (Å²) < 4.78 is 11.1. The third kappa shape index (κ3) is 7.29. The number of nitrogens with zero attached hydrogens (tertiary/aromatic N) is 1. The number of hydrogen-bond acceptors (Lipinski definition) is 4. The van der Waals surface area contributed by atoms with Crippen LogP contribution in [0.15, 0.2) is 48.5 Å². The fraction of sp³-hybridized carbons (Fsp3) is 0.462. The number of ether oxygens (including phenoxy) is 2. The van der Waals surface area contributed by atoms with Gasteiger partial charge in [0.05, 0.1) is 7.11 Å². The van der Waals surface area contributed by atoms with Crippen LogP contribution in [0.3, 0.4) is 0 Å². The second-order valence-corrected chi connectivity index (χ2v) is 8.67. The number of carbonyl (C=O) groups excluding carboxylic acids is 2. The van der Waals surface area contributed by atoms with Crippen LogP contribution in [0, 0.1) is 5.92 Å². The summed E-state index contributed by atoms with van der Waals surface area (Å²) in [5, 5.41) is 2.93. The Hall–Kier alpha value is -3.02. The third-order valence-electron chi connectivity index (χ3n) is 5.26. The van der Waals surface area contributed by atoms with E-state index < -0.39 is 6.04 Å². The summed E-state index contributed by atoms with van der Waals surface area (Å²) in [5.74, 6) is 1.61. The maximum absolute atomic E-state index is 13.2. The van der Waals surface area contributed by atoms with Gasteiger partial charge < -0.3 is 19.7 Å². The first kappa shape index (κ1) is 25.2. The van der Waals surface area contributed by atoms with E-state index in [1.165, 1.54) is 0 Å². The van der Waals surface area contributed by atoms with Crippen molar-refractivity contribution >= 4 is 11.8 Å². The minimum Gasteiger partial charge on any atom is -0.497 e. The molecule has 6 nitrogen and oxygen atoms in total. The molecule has 1 atom stereocenters. The van der Waals surface area contributed by atoms with Gasteiger partial charge in [-0.15, -0.1) is 0 Å². The molecule has 0 aromatic heterocycles. The van der Waals surface area contributed by atoms with E-state index in [1.54, 1.807) is 18.9 Å². The van der Waals surface area contributed by atoms with Crippen molar-refractivity contribution in [2.75, 3.05) is 20.3 Å². The van der Waals surface area contributed by atoms with Gasteiger partial charge in [-0.2, -0.15) is 0 Å². The molecule has 1 N–H and O–H groups in total. The molecule has 0 bridgehead atoms. The zero-order chi connectivity index (χ0) is 23.7. The number of para-hydroxylation sites is 1. The Morgan fingerprint density at radius 3 is 2.22 bits per heavy atom. The second kappa shape index (κ2) is 12.1. The topological polar surface area (TPSA) is 67.9 Å². The Labute approximate surface area is 191 Å². The SMILES string of the molecule is COc1ccc(CN(C(=O)COc2ccccc2C(C)C)C(C)C(=O)NCC(C)C)cc1. The fourth-order valence-electron chi connectivity index (χ4n) is 3.27. The first-order chi connectivity index (χ1) is 15.2. The highest BCUT2D eigenvalue weighted by molar-refractivity contribution is 5.88. The number of hydrogen-bond donors (Lipinski definition) is 1. The van der Waals surface area contributed by atoms with E-state index in [9.17, 15) is 9.59 Å². The Morgan fingerprint density at radius 1 is 0.969 bits per heavy atom. The first-order valence-corrected chi connectivity index (χ1v) is 11.1.